The average molecular weight is 460 g/mol. The molecule has 0 atom stereocenters. The first-order valence-electron chi connectivity index (χ1n) is 7.77. The molecule has 0 aliphatic heterocycles. The van der Waals surface area contributed by atoms with Crippen molar-refractivity contribution in [1.82, 2.24) is 15.8 Å². The van der Waals surface area contributed by atoms with E-state index in [0.717, 1.165) is 18.5 Å². The van der Waals surface area contributed by atoms with Crippen molar-refractivity contribution in [3.8, 4) is 11.1 Å². The number of nitrogens with one attached hydrogen (secondary N) is 2. The Morgan fingerprint density at radius 3 is 2.27 bits per heavy atom. The van der Waals surface area contributed by atoms with Gasteiger partial charge in [-0.15, -0.1) is 0 Å². The van der Waals surface area contributed by atoms with Crippen LogP contribution in [0.4, 0.5) is 8.78 Å². The van der Waals surface area contributed by atoms with Crippen molar-refractivity contribution in [2.75, 3.05) is 6.26 Å². The van der Waals surface area contributed by atoms with E-state index in [2.05, 4.69) is 4.98 Å². The minimum Gasteiger partial charge on any atom is -0.476 e. The zero-order valence-electron chi connectivity index (χ0n) is 14.9. The highest BCUT2D eigenvalue weighted by Gasteiger charge is 2.24. The Balaban J connectivity index is 2.42. The molecular formula is C17H12ClF2N3O6S. The standard InChI is InChI=1S/C17H12ClF2N3O6S/c1-30(28,29)8-6-10(9-4-2-3-5-11(9)18)14(21-7-8)16(25)23-22-15(24)12(19)13(20)17(26)27/h2-7H,1H3,(H,22,24)(H,23,25)(H,26,27). The molecule has 0 radical (unpaired) electrons. The van der Waals surface area contributed by atoms with Gasteiger partial charge < -0.3 is 5.11 Å². The first kappa shape index (κ1) is 22.9. The van der Waals surface area contributed by atoms with Gasteiger partial charge in [-0.3, -0.25) is 20.4 Å². The number of benzene rings is 1. The van der Waals surface area contributed by atoms with Crippen LogP contribution in [0.2, 0.25) is 5.02 Å². The predicted octanol–water partition coefficient (Wildman–Crippen LogP) is 1.80. The first-order chi connectivity index (χ1) is 13.9. The molecule has 1 heterocycles. The SMILES string of the molecule is CS(=O)(=O)c1cnc(C(=O)NNC(=O)C(F)=C(F)C(=O)O)c(-c2ccccc2Cl)c1. The van der Waals surface area contributed by atoms with E-state index in [1.807, 2.05) is 0 Å². The van der Waals surface area contributed by atoms with Gasteiger partial charge in [-0.25, -0.2) is 18.2 Å². The maximum absolute atomic E-state index is 13.3. The number of hydrazine groups is 1. The van der Waals surface area contributed by atoms with Gasteiger partial charge in [-0.2, -0.15) is 8.78 Å². The van der Waals surface area contributed by atoms with Crippen LogP contribution in [0.15, 0.2) is 53.1 Å². The fraction of sp³-hybridized carbons (Fsp3) is 0.0588. The smallest absolute Gasteiger partial charge is 0.368 e. The van der Waals surface area contributed by atoms with Crippen molar-refractivity contribution in [3.63, 3.8) is 0 Å². The van der Waals surface area contributed by atoms with Crippen LogP contribution in [0.1, 0.15) is 10.5 Å². The highest BCUT2D eigenvalue weighted by molar-refractivity contribution is 7.90. The molecule has 13 heteroatoms. The largest absolute Gasteiger partial charge is 0.476 e. The number of hydrogen-bond acceptors (Lipinski definition) is 6. The molecule has 0 fully saturated rings. The van der Waals surface area contributed by atoms with Gasteiger partial charge >= 0.3 is 11.9 Å². The number of amides is 2. The normalized spacial score (nSPS) is 12.0. The van der Waals surface area contributed by atoms with Crippen LogP contribution >= 0.6 is 11.6 Å². The van der Waals surface area contributed by atoms with Crippen molar-refractivity contribution in [1.29, 1.82) is 0 Å². The Bertz CT molecular complexity index is 1180. The number of rotatable bonds is 5. The maximum atomic E-state index is 13.3. The van der Waals surface area contributed by atoms with Crippen LogP contribution in [-0.4, -0.2) is 42.5 Å². The molecule has 30 heavy (non-hydrogen) atoms. The number of hydrogen-bond donors (Lipinski definition) is 3. The summed E-state index contributed by atoms with van der Waals surface area (Å²) in [5.41, 5.74) is 3.03. The summed E-state index contributed by atoms with van der Waals surface area (Å²) in [6, 6.07) is 7.23. The molecule has 2 aromatic rings. The lowest BCUT2D eigenvalue weighted by molar-refractivity contribution is -0.135. The van der Waals surface area contributed by atoms with Gasteiger partial charge in [0, 0.05) is 28.6 Å². The number of pyridine rings is 1. The van der Waals surface area contributed by atoms with Crippen LogP contribution in [0, 0.1) is 0 Å². The minimum absolute atomic E-state index is 0.0250. The van der Waals surface area contributed by atoms with E-state index in [0.29, 0.717) is 0 Å². The zero-order chi connectivity index (χ0) is 22.6. The fourth-order valence-corrected chi connectivity index (χ4v) is 2.95. The Labute approximate surface area is 173 Å². The number of aromatic nitrogens is 1. The van der Waals surface area contributed by atoms with Crippen molar-refractivity contribution in [2.45, 2.75) is 4.90 Å². The summed E-state index contributed by atoms with van der Waals surface area (Å²) in [7, 11) is -3.70. The third-order valence-electron chi connectivity index (χ3n) is 3.54. The second-order valence-electron chi connectivity index (χ2n) is 5.66. The van der Waals surface area contributed by atoms with Crippen LogP contribution < -0.4 is 10.9 Å². The highest BCUT2D eigenvalue weighted by Crippen LogP contribution is 2.31. The monoisotopic (exact) mass is 459 g/mol. The number of carbonyl (C=O) groups excluding carboxylic acids is 2. The summed E-state index contributed by atoms with van der Waals surface area (Å²) < 4.78 is 49.9. The Morgan fingerprint density at radius 1 is 1.07 bits per heavy atom. The molecule has 2 rings (SSSR count). The average Bonchev–Trinajstić information content (AvgIpc) is 2.69. The predicted molar refractivity (Wildman–Crippen MR) is 100 cm³/mol. The quantitative estimate of drug-likeness (QED) is 0.457. The second kappa shape index (κ2) is 8.97. The number of carboxylic acids is 1. The molecule has 9 nitrogen and oxygen atoms in total. The third kappa shape index (κ3) is 5.15. The van der Waals surface area contributed by atoms with Gasteiger partial charge in [0.25, 0.3) is 5.91 Å². The van der Waals surface area contributed by atoms with Crippen molar-refractivity contribution in [3.05, 3.63) is 58.9 Å². The summed E-state index contributed by atoms with van der Waals surface area (Å²) in [6.07, 6.45) is 1.81. The van der Waals surface area contributed by atoms with Gasteiger partial charge in [0.05, 0.1) is 4.90 Å². The molecule has 158 valence electrons. The summed E-state index contributed by atoms with van der Waals surface area (Å²) in [6.45, 7) is 0. The van der Waals surface area contributed by atoms with Crippen LogP contribution in [0.25, 0.3) is 11.1 Å². The maximum Gasteiger partial charge on any atom is 0.368 e. The molecule has 1 aromatic heterocycles. The Kier molecular flexibility index (Phi) is 6.84. The Hall–Kier alpha value is -3.38. The molecule has 0 saturated carbocycles. The van der Waals surface area contributed by atoms with Crippen molar-refractivity contribution >= 4 is 39.2 Å². The van der Waals surface area contributed by atoms with E-state index >= 15 is 0 Å². The molecular weight excluding hydrogens is 448 g/mol. The molecule has 1 aromatic carbocycles. The number of carboxylic acid groups (broad SMARTS) is 1. The molecule has 3 N–H and O–H groups in total. The fourth-order valence-electron chi connectivity index (χ4n) is 2.14. The zero-order valence-corrected chi connectivity index (χ0v) is 16.5. The summed E-state index contributed by atoms with van der Waals surface area (Å²) in [5, 5.41) is 8.48. The van der Waals surface area contributed by atoms with Crippen molar-refractivity contribution < 1.29 is 36.7 Å². The van der Waals surface area contributed by atoms with Gasteiger partial charge in [-0.05, 0) is 12.1 Å². The van der Waals surface area contributed by atoms with Gasteiger partial charge in [-0.1, -0.05) is 29.8 Å². The van der Waals surface area contributed by atoms with Crippen LogP contribution in [0.3, 0.4) is 0 Å². The van der Waals surface area contributed by atoms with E-state index in [-0.39, 0.29) is 21.0 Å². The van der Waals surface area contributed by atoms with Crippen LogP contribution in [-0.2, 0) is 19.4 Å². The van der Waals surface area contributed by atoms with Gasteiger partial charge in [0.1, 0.15) is 5.69 Å². The van der Waals surface area contributed by atoms with E-state index in [1.54, 1.807) is 17.6 Å². The lowest BCUT2D eigenvalue weighted by Gasteiger charge is -2.12. The van der Waals surface area contributed by atoms with Crippen LogP contribution in [0.5, 0.6) is 0 Å². The molecule has 0 aliphatic carbocycles. The molecule has 0 aliphatic rings. The van der Waals surface area contributed by atoms with Crippen molar-refractivity contribution in [2.24, 2.45) is 0 Å². The number of nitrogens with zero attached hydrogens (tertiary/aromatic N) is 1. The number of carbonyl (C=O) groups is 3. The molecule has 0 spiro atoms. The first-order valence-corrected chi connectivity index (χ1v) is 10.0. The van der Waals surface area contributed by atoms with E-state index in [9.17, 15) is 31.6 Å². The second-order valence-corrected chi connectivity index (χ2v) is 8.08. The molecule has 2 amide bonds. The molecule has 0 bridgehead atoms. The Morgan fingerprint density at radius 2 is 1.70 bits per heavy atom. The lowest BCUT2D eigenvalue weighted by atomic mass is 10.0. The van der Waals surface area contributed by atoms with Gasteiger partial charge in [0.2, 0.25) is 11.7 Å². The van der Waals surface area contributed by atoms with E-state index < -0.39 is 45.0 Å². The lowest BCUT2D eigenvalue weighted by Crippen LogP contribution is -2.42. The number of sulfone groups is 1. The minimum atomic E-state index is -3.70. The summed E-state index contributed by atoms with van der Waals surface area (Å²) in [5.74, 6) is -9.94. The van der Waals surface area contributed by atoms with Gasteiger partial charge in [0.15, 0.2) is 9.84 Å². The topological polar surface area (TPSA) is 143 Å². The molecule has 0 saturated heterocycles. The summed E-state index contributed by atoms with van der Waals surface area (Å²) >= 11 is 6.10. The summed E-state index contributed by atoms with van der Waals surface area (Å²) in [4.78, 5) is 37.7. The third-order valence-corrected chi connectivity index (χ3v) is 4.95. The number of halogens is 3. The van der Waals surface area contributed by atoms with E-state index in [1.165, 1.54) is 17.6 Å². The number of aliphatic carboxylic acids is 1. The van der Waals surface area contributed by atoms with E-state index in [4.69, 9.17) is 16.7 Å². The highest BCUT2D eigenvalue weighted by atomic mass is 35.5. The molecule has 0 unspecified atom stereocenters.